The van der Waals surface area contributed by atoms with Crippen LogP contribution in [0.5, 0.6) is 0 Å². The van der Waals surface area contributed by atoms with Crippen molar-refractivity contribution in [3.8, 4) is 0 Å². The van der Waals surface area contributed by atoms with Crippen molar-refractivity contribution in [1.82, 2.24) is 14.7 Å². The Hall–Kier alpha value is -2.10. The van der Waals surface area contributed by atoms with Gasteiger partial charge in [-0.3, -0.25) is 9.48 Å². The maximum Gasteiger partial charge on any atom is 0.227 e. The van der Waals surface area contributed by atoms with E-state index >= 15 is 0 Å². The van der Waals surface area contributed by atoms with Gasteiger partial charge in [0, 0.05) is 24.8 Å². The number of carbonyl (C=O) groups excluding carboxylic acids is 1. The number of rotatable bonds is 6. The van der Waals surface area contributed by atoms with Crippen molar-refractivity contribution in [2.45, 2.75) is 60.5 Å². The molecule has 0 radical (unpaired) electrons. The molecule has 1 atom stereocenters. The molecule has 1 aromatic heterocycles. The van der Waals surface area contributed by atoms with E-state index in [1.807, 2.05) is 23.6 Å². The summed E-state index contributed by atoms with van der Waals surface area (Å²) in [6, 6.07) is 8.43. The van der Waals surface area contributed by atoms with Crippen LogP contribution in [0.3, 0.4) is 0 Å². The first kappa shape index (κ1) is 19.2. The minimum atomic E-state index is 0.0550. The molecule has 0 saturated carbocycles. The number of aryl methyl sites for hydroxylation is 2. The molecule has 0 N–H and O–H groups in total. The van der Waals surface area contributed by atoms with Crippen molar-refractivity contribution in [2.75, 3.05) is 7.05 Å². The Morgan fingerprint density at radius 3 is 2.28 bits per heavy atom. The van der Waals surface area contributed by atoms with Gasteiger partial charge in [-0.05, 0) is 39.2 Å². The highest BCUT2D eigenvalue weighted by atomic mass is 16.2. The molecule has 0 aliphatic heterocycles. The van der Waals surface area contributed by atoms with E-state index in [1.54, 1.807) is 0 Å². The molecule has 1 heterocycles. The second-order valence-corrected chi connectivity index (χ2v) is 7.49. The van der Waals surface area contributed by atoms with E-state index in [2.05, 4.69) is 64.0 Å². The molecule has 0 fully saturated rings. The van der Waals surface area contributed by atoms with Crippen molar-refractivity contribution in [3.05, 3.63) is 52.3 Å². The van der Waals surface area contributed by atoms with Gasteiger partial charge in [-0.2, -0.15) is 5.10 Å². The predicted octanol–water partition coefficient (Wildman–Crippen LogP) is 4.23. The number of hydrogen-bond acceptors (Lipinski definition) is 2. The molecular formula is C21H31N3O. The van der Waals surface area contributed by atoms with Gasteiger partial charge in [0.15, 0.2) is 0 Å². The Morgan fingerprint density at radius 2 is 1.72 bits per heavy atom. The first-order valence-corrected chi connectivity index (χ1v) is 9.05. The van der Waals surface area contributed by atoms with Gasteiger partial charge in [-0.15, -0.1) is 0 Å². The summed E-state index contributed by atoms with van der Waals surface area (Å²) in [4.78, 5) is 14.7. The normalized spacial score (nSPS) is 12.5. The molecule has 2 aromatic rings. The summed E-state index contributed by atoms with van der Waals surface area (Å²) in [5.74, 6) is 0.661. The van der Waals surface area contributed by atoms with Crippen molar-refractivity contribution < 1.29 is 4.79 Å². The third-order valence-corrected chi connectivity index (χ3v) is 4.93. The average Bonchev–Trinajstić information content (AvgIpc) is 2.81. The average molecular weight is 341 g/mol. The lowest BCUT2D eigenvalue weighted by Crippen LogP contribution is -2.31. The number of hydrogen-bond donors (Lipinski definition) is 0. The lowest BCUT2D eigenvalue weighted by molar-refractivity contribution is -0.131. The standard InChI is InChI=1S/C21H31N3O/c1-14(2)13-24-18(6)20(16(4)22-24)12-21(25)23(7)17(5)19-10-8-15(3)9-11-19/h8-11,14,17H,12-13H2,1-7H3. The maximum atomic E-state index is 12.8. The van der Waals surface area contributed by atoms with E-state index in [-0.39, 0.29) is 11.9 Å². The molecule has 4 nitrogen and oxygen atoms in total. The van der Waals surface area contributed by atoms with Crippen LogP contribution in [0.25, 0.3) is 0 Å². The van der Waals surface area contributed by atoms with E-state index in [1.165, 1.54) is 5.56 Å². The molecule has 0 spiro atoms. The van der Waals surface area contributed by atoms with Crippen LogP contribution in [0.15, 0.2) is 24.3 Å². The van der Waals surface area contributed by atoms with E-state index in [0.29, 0.717) is 12.3 Å². The summed E-state index contributed by atoms with van der Waals surface area (Å²) < 4.78 is 2.03. The summed E-state index contributed by atoms with van der Waals surface area (Å²) in [5.41, 5.74) is 5.52. The van der Waals surface area contributed by atoms with Crippen LogP contribution in [0.2, 0.25) is 0 Å². The van der Waals surface area contributed by atoms with Crippen LogP contribution < -0.4 is 0 Å². The fourth-order valence-corrected chi connectivity index (χ4v) is 3.07. The van der Waals surface area contributed by atoms with Crippen LogP contribution in [0.1, 0.15) is 54.9 Å². The first-order chi connectivity index (χ1) is 11.7. The van der Waals surface area contributed by atoms with E-state index in [0.717, 1.165) is 29.1 Å². The number of likely N-dealkylation sites (N-methyl/N-ethyl adjacent to an activating group) is 1. The molecule has 25 heavy (non-hydrogen) atoms. The minimum absolute atomic E-state index is 0.0550. The molecule has 1 aromatic carbocycles. The molecule has 0 saturated heterocycles. The van der Waals surface area contributed by atoms with Crippen molar-refractivity contribution in [3.63, 3.8) is 0 Å². The number of carbonyl (C=O) groups is 1. The number of aromatic nitrogens is 2. The zero-order chi connectivity index (χ0) is 18.7. The quantitative estimate of drug-likeness (QED) is 0.789. The summed E-state index contributed by atoms with van der Waals surface area (Å²) in [7, 11) is 1.88. The zero-order valence-corrected chi connectivity index (χ0v) is 16.6. The number of nitrogens with zero attached hydrogens (tertiary/aromatic N) is 3. The van der Waals surface area contributed by atoms with Crippen molar-refractivity contribution in [1.29, 1.82) is 0 Å². The Morgan fingerprint density at radius 1 is 1.12 bits per heavy atom. The van der Waals surface area contributed by atoms with Gasteiger partial charge in [0.05, 0.1) is 18.2 Å². The van der Waals surface area contributed by atoms with Crippen molar-refractivity contribution in [2.24, 2.45) is 5.92 Å². The van der Waals surface area contributed by atoms with Gasteiger partial charge < -0.3 is 4.90 Å². The number of amides is 1. The topological polar surface area (TPSA) is 38.1 Å². The summed E-state index contributed by atoms with van der Waals surface area (Å²) in [6.45, 7) is 13.4. The van der Waals surface area contributed by atoms with Crippen LogP contribution in [-0.2, 0) is 17.8 Å². The number of benzene rings is 1. The largest absolute Gasteiger partial charge is 0.339 e. The lowest BCUT2D eigenvalue weighted by atomic mass is 10.0. The highest BCUT2D eigenvalue weighted by molar-refractivity contribution is 5.79. The van der Waals surface area contributed by atoms with Gasteiger partial charge in [-0.1, -0.05) is 43.7 Å². The molecule has 136 valence electrons. The molecule has 1 amide bonds. The highest BCUT2D eigenvalue weighted by Crippen LogP contribution is 2.22. The molecule has 2 rings (SSSR count). The molecule has 0 bridgehead atoms. The van der Waals surface area contributed by atoms with E-state index < -0.39 is 0 Å². The monoisotopic (exact) mass is 341 g/mol. The molecule has 4 heteroatoms. The van der Waals surface area contributed by atoms with Crippen LogP contribution >= 0.6 is 0 Å². The zero-order valence-electron chi connectivity index (χ0n) is 16.6. The predicted molar refractivity (Wildman–Crippen MR) is 103 cm³/mol. The van der Waals surface area contributed by atoms with Gasteiger partial charge >= 0.3 is 0 Å². The van der Waals surface area contributed by atoms with E-state index in [9.17, 15) is 4.79 Å². The highest BCUT2D eigenvalue weighted by Gasteiger charge is 2.21. The third-order valence-electron chi connectivity index (χ3n) is 4.93. The summed E-state index contributed by atoms with van der Waals surface area (Å²) in [5, 5.41) is 4.62. The second kappa shape index (κ2) is 7.85. The third kappa shape index (κ3) is 4.50. The Bertz CT molecular complexity index is 728. The molecular weight excluding hydrogens is 310 g/mol. The van der Waals surface area contributed by atoms with Gasteiger partial charge in [0.2, 0.25) is 5.91 Å². The first-order valence-electron chi connectivity index (χ1n) is 9.05. The van der Waals surface area contributed by atoms with Crippen LogP contribution in [0, 0.1) is 26.7 Å². The lowest BCUT2D eigenvalue weighted by Gasteiger charge is -2.25. The van der Waals surface area contributed by atoms with E-state index in [4.69, 9.17) is 0 Å². The van der Waals surface area contributed by atoms with Crippen LogP contribution in [-0.4, -0.2) is 27.6 Å². The maximum absolute atomic E-state index is 12.8. The van der Waals surface area contributed by atoms with Crippen LogP contribution in [0.4, 0.5) is 0 Å². The fourth-order valence-electron chi connectivity index (χ4n) is 3.07. The summed E-state index contributed by atoms with van der Waals surface area (Å²) >= 11 is 0. The van der Waals surface area contributed by atoms with Gasteiger partial charge in [0.25, 0.3) is 0 Å². The molecule has 1 unspecified atom stereocenters. The van der Waals surface area contributed by atoms with Gasteiger partial charge in [-0.25, -0.2) is 0 Å². The Labute approximate surface area is 151 Å². The Kier molecular flexibility index (Phi) is 6.04. The Balaban J connectivity index is 2.13. The molecule has 0 aliphatic rings. The van der Waals surface area contributed by atoms with Crippen molar-refractivity contribution >= 4 is 5.91 Å². The second-order valence-electron chi connectivity index (χ2n) is 7.49. The molecule has 0 aliphatic carbocycles. The minimum Gasteiger partial charge on any atom is -0.339 e. The smallest absolute Gasteiger partial charge is 0.227 e. The summed E-state index contributed by atoms with van der Waals surface area (Å²) in [6.07, 6.45) is 0.405. The van der Waals surface area contributed by atoms with Gasteiger partial charge in [0.1, 0.15) is 0 Å². The fraction of sp³-hybridized carbons (Fsp3) is 0.524. The SMILES string of the molecule is Cc1ccc(C(C)N(C)C(=O)Cc2c(C)nn(CC(C)C)c2C)cc1.